The maximum atomic E-state index is 13.1. The lowest BCUT2D eigenvalue weighted by molar-refractivity contribution is -0.139. The summed E-state index contributed by atoms with van der Waals surface area (Å²) in [6.45, 7) is 0.611. The molecule has 4 nitrogen and oxygen atoms in total. The normalized spacial score (nSPS) is 19.2. The van der Waals surface area contributed by atoms with E-state index in [-0.39, 0.29) is 24.5 Å². The average Bonchev–Trinajstić information content (AvgIpc) is 2.64. The lowest BCUT2D eigenvalue weighted by Gasteiger charge is -2.37. The van der Waals surface area contributed by atoms with Crippen molar-refractivity contribution in [1.29, 1.82) is 0 Å². The number of aliphatic hydroxyl groups excluding tert-OH is 1. The van der Waals surface area contributed by atoms with Gasteiger partial charge >= 0.3 is 0 Å². The van der Waals surface area contributed by atoms with E-state index in [9.17, 15) is 9.90 Å². The predicted octanol–water partition coefficient (Wildman–Crippen LogP) is 3.13. The van der Waals surface area contributed by atoms with Crippen LogP contribution in [0.2, 0.25) is 0 Å². The summed E-state index contributed by atoms with van der Waals surface area (Å²) < 4.78 is 5.28. The first kappa shape index (κ1) is 16.5. The Balaban J connectivity index is 1.86. The summed E-state index contributed by atoms with van der Waals surface area (Å²) in [5, 5.41) is 9.87. The van der Waals surface area contributed by atoms with Gasteiger partial charge in [0.1, 0.15) is 5.75 Å². The summed E-state index contributed by atoms with van der Waals surface area (Å²) >= 11 is 0. The van der Waals surface area contributed by atoms with Gasteiger partial charge in [0, 0.05) is 6.54 Å². The van der Waals surface area contributed by atoms with Crippen LogP contribution in [0.1, 0.15) is 35.9 Å². The van der Waals surface area contributed by atoms with E-state index in [1.807, 2.05) is 59.5 Å². The standard InChI is InChI=1S/C20H23NO3/c1-24-17-10-5-9-16(13-17)18-11-6-12-21(20(18)23)19(14-22)15-7-3-2-4-8-15/h2-5,7-10,13,18-19,22H,6,11-12,14H2,1H3/t18-,19+/m1/s1. The summed E-state index contributed by atoms with van der Waals surface area (Å²) in [5.74, 6) is 0.670. The molecule has 1 amide bonds. The van der Waals surface area contributed by atoms with Gasteiger partial charge in [-0.15, -0.1) is 0 Å². The molecule has 2 atom stereocenters. The molecule has 2 aromatic carbocycles. The molecule has 24 heavy (non-hydrogen) atoms. The first-order chi connectivity index (χ1) is 11.7. The Morgan fingerprint density at radius 3 is 2.71 bits per heavy atom. The molecule has 1 aliphatic heterocycles. The van der Waals surface area contributed by atoms with Crippen LogP contribution in [-0.2, 0) is 4.79 Å². The zero-order chi connectivity index (χ0) is 16.9. The minimum Gasteiger partial charge on any atom is -0.497 e. The molecule has 1 aliphatic rings. The molecule has 0 radical (unpaired) electrons. The van der Waals surface area contributed by atoms with E-state index in [4.69, 9.17) is 4.74 Å². The molecule has 0 bridgehead atoms. The molecule has 2 aromatic rings. The van der Waals surface area contributed by atoms with E-state index >= 15 is 0 Å². The molecule has 0 unspecified atom stereocenters. The summed E-state index contributed by atoms with van der Waals surface area (Å²) in [5.41, 5.74) is 1.95. The fourth-order valence-electron chi connectivity index (χ4n) is 3.44. The van der Waals surface area contributed by atoms with Gasteiger partial charge in [0.05, 0.1) is 25.7 Å². The Bertz CT molecular complexity index is 686. The molecular formula is C20H23NO3. The third-order valence-electron chi connectivity index (χ3n) is 4.70. The van der Waals surface area contributed by atoms with Gasteiger partial charge < -0.3 is 14.7 Å². The van der Waals surface area contributed by atoms with Gasteiger partial charge in [-0.1, -0.05) is 42.5 Å². The number of benzene rings is 2. The molecule has 4 heteroatoms. The monoisotopic (exact) mass is 325 g/mol. The maximum absolute atomic E-state index is 13.1. The number of rotatable bonds is 5. The highest BCUT2D eigenvalue weighted by molar-refractivity contribution is 5.85. The van der Waals surface area contributed by atoms with Crippen molar-refractivity contribution in [3.63, 3.8) is 0 Å². The second-order valence-corrected chi connectivity index (χ2v) is 6.11. The summed E-state index contributed by atoms with van der Waals surface area (Å²) in [6.07, 6.45) is 1.76. The van der Waals surface area contributed by atoms with E-state index in [1.165, 1.54) is 0 Å². The minimum atomic E-state index is -0.285. The van der Waals surface area contributed by atoms with Crippen molar-refractivity contribution in [2.45, 2.75) is 24.8 Å². The number of nitrogens with zero attached hydrogens (tertiary/aromatic N) is 1. The SMILES string of the molecule is COc1cccc([C@H]2CCCN([C@@H](CO)c3ccccc3)C2=O)c1. The van der Waals surface area contributed by atoms with Crippen molar-refractivity contribution in [3.8, 4) is 5.75 Å². The van der Waals surface area contributed by atoms with Crippen LogP contribution < -0.4 is 4.74 Å². The van der Waals surface area contributed by atoms with E-state index in [2.05, 4.69) is 0 Å². The second kappa shape index (κ2) is 7.49. The number of hydrogen-bond acceptors (Lipinski definition) is 3. The number of likely N-dealkylation sites (tertiary alicyclic amines) is 1. The second-order valence-electron chi connectivity index (χ2n) is 6.11. The van der Waals surface area contributed by atoms with Gasteiger partial charge in [-0.05, 0) is 36.1 Å². The van der Waals surface area contributed by atoms with Gasteiger partial charge in [0.15, 0.2) is 0 Å². The van der Waals surface area contributed by atoms with Crippen molar-refractivity contribution in [3.05, 3.63) is 65.7 Å². The first-order valence-electron chi connectivity index (χ1n) is 8.35. The highest BCUT2D eigenvalue weighted by Crippen LogP contribution is 2.34. The Hall–Kier alpha value is -2.33. The largest absolute Gasteiger partial charge is 0.497 e. The van der Waals surface area contributed by atoms with Gasteiger partial charge in [-0.2, -0.15) is 0 Å². The molecule has 1 N–H and O–H groups in total. The van der Waals surface area contributed by atoms with Crippen LogP contribution >= 0.6 is 0 Å². The van der Waals surface area contributed by atoms with Gasteiger partial charge in [-0.25, -0.2) is 0 Å². The molecule has 1 fully saturated rings. The lowest BCUT2D eigenvalue weighted by Crippen LogP contribution is -2.43. The fraction of sp³-hybridized carbons (Fsp3) is 0.350. The van der Waals surface area contributed by atoms with Crippen molar-refractivity contribution >= 4 is 5.91 Å². The molecule has 0 aliphatic carbocycles. The zero-order valence-corrected chi connectivity index (χ0v) is 13.9. The third-order valence-corrected chi connectivity index (χ3v) is 4.70. The number of aliphatic hydroxyl groups is 1. The molecule has 1 saturated heterocycles. The summed E-state index contributed by atoms with van der Waals surface area (Å²) in [6, 6.07) is 17.2. The number of methoxy groups -OCH3 is 1. The van der Waals surface area contributed by atoms with Crippen molar-refractivity contribution in [2.24, 2.45) is 0 Å². The van der Waals surface area contributed by atoms with Crippen LogP contribution in [0.4, 0.5) is 0 Å². The van der Waals surface area contributed by atoms with Crippen molar-refractivity contribution in [1.82, 2.24) is 4.90 Å². The number of carbonyl (C=O) groups is 1. The Morgan fingerprint density at radius 1 is 1.21 bits per heavy atom. The summed E-state index contributed by atoms with van der Waals surface area (Å²) in [7, 11) is 1.63. The highest BCUT2D eigenvalue weighted by atomic mass is 16.5. The minimum absolute atomic E-state index is 0.0689. The van der Waals surface area contributed by atoms with Gasteiger partial charge in [0.2, 0.25) is 5.91 Å². The van der Waals surface area contributed by atoms with Gasteiger partial charge in [-0.3, -0.25) is 4.79 Å². The Kier molecular flexibility index (Phi) is 5.16. The van der Waals surface area contributed by atoms with Crippen molar-refractivity contribution < 1.29 is 14.6 Å². The first-order valence-corrected chi connectivity index (χ1v) is 8.35. The molecule has 0 spiro atoms. The van der Waals surface area contributed by atoms with Crippen LogP contribution in [0.5, 0.6) is 5.75 Å². The topological polar surface area (TPSA) is 49.8 Å². The number of piperidine rings is 1. The third kappa shape index (κ3) is 3.29. The number of hydrogen-bond donors (Lipinski definition) is 1. The number of carbonyl (C=O) groups excluding carboxylic acids is 1. The lowest BCUT2D eigenvalue weighted by atomic mass is 9.88. The van der Waals surface area contributed by atoms with E-state index in [1.54, 1.807) is 7.11 Å². The molecule has 126 valence electrons. The predicted molar refractivity (Wildman–Crippen MR) is 93.0 cm³/mol. The molecule has 1 heterocycles. The smallest absolute Gasteiger partial charge is 0.230 e. The molecule has 3 rings (SSSR count). The average molecular weight is 325 g/mol. The Labute approximate surface area is 142 Å². The van der Waals surface area contributed by atoms with Crippen LogP contribution in [0, 0.1) is 0 Å². The van der Waals surface area contributed by atoms with Gasteiger partial charge in [0.25, 0.3) is 0 Å². The maximum Gasteiger partial charge on any atom is 0.230 e. The van der Waals surface area contributed by atoms with E-state index < -0.39 is 0 Å². The quantitative estimate of drug-likeness (QED) is 0.919. The van der Waals surface area contributed by atoms with Crippen LogP contribution in [0.15, 0.2) is 54.6 Å². The molecular weight excluding hydrogens is 302 g/mol. The molecule has 0 saturated carbocycles. The number of amides is 1. The zero-order valence-electron chi connectivity index (χ0n) is 13.9. The summed E-state index contributed by atoms with van der Waals surface area (Å²) in [4.78, 5) is 14.9. The fourth-order valence-corrected chi connectivity index (χ4v) is 3.44. The van der Waals surface area contributed by atoms with Crippen LogP contribution in [-0.4, -0.2) is 36.2 Å². The molecule has 0 aromatic heterocycles. The van der Waals surface area contributed by atoms with Crippen LogP contribution in [0.25, 0.3) is 0 Å². The van der Waals surface area contributed by atoms with E-state index in [0.717, 1.165) is 29.7 Å². The van der Waals surface area contributed by atoms with Crippen molar-refractivity contribution in [2.75, 3.05) is 20.3 Å². The Morgan fingerprint density at radius 2 is 2.00 bits per heavy atom. The van der Waals surface area contributed by atoms with Crippen LogP contribution in [0.3, 0.4) is 0 Å². The van der Waals surface area contributed by atoms with E-state index in [0.29, 0.717) is 6.54 Å². The number of ether oxygens (including phenoxy) is 1. The highest BCUT2D eigenvalue weighted by Gasteiger charge is 2.34.